The average molecular weight is 323 g/mol. The number of alkyl halides is 3. The smallest absolute Gasteiger partial charge is 0.406 e. The Labute approximate surface area is 132 Å². The minimum Gasteiger partial charge on any atom is -0.406 e. The zero-order valence-corrected chi connectivity index (χ0v) is 12.5. The first kappa shape index (κ1) is 16.9. The van der Waals surface area contributed by atoms with E-state index in [4.69, 9.17) is 0 Å². The Hall–Kier alpha value is -2.50. The zero-order valence-electron chi connectivity index (χ0n) is 12.5. The Balaban J connectivity index is 1.91. The van der Waals surface area contributed by atoms with Crippen molar-refractivity contribution in [2.24, 2.45) is 0 Å². The van der Waals surface area contributed by atoms with Crippen LogP contribution in [-0.2, 0) is 13.0 Å². The molecule has 2 aromatic carbocycles. The number of nitrogens with one attached hydrogen (secondary N) is 1. The van der Waals surface area contributed by atoms with E-state index < -0.39 is 6.36 Å². The zero-order chi connectivity index (χ0) is 16.9. The number of hydrogen-bond donors (Lipinski definition) is 1. The van der Waals surface area contributed by atoms with Gasteiger partial charge < -0.3 is 10.1 Å². The van der Waals surface area contributed by atoms with E-state index in [1.807, 2.05) is 19.1 Å². The first-order valence-corrected chi connectivity index (χ1v) is 7.09. The third-order valence-electron chi connectivity index (χ3n) is 3.23. The number of benzene rings is 2. The van der Waals surface area contributed by atoms with Crippen LogP contribution in [-0.4, -0.2) is 12.3 Å². The topological polar surface area (TPSA) is 38.3 Å². The lowest BCUT2D eigenvalue weighted by atomic mass is 10.1. The second-order valence-electron chi connectivity index (χ2n) is 4.92. The maximum absolute atomic E-state index is 12.1. The van der Waals surface area contributed by atoms with Gasteiger partial charge in [0.2, 0.25) is 0 Å². The van der Waals surface area contributed by atoms with E-state index in [2.05, 4.69) is 10.1 Å². The van der Waals surface area contributed by atoms with Crippen LogP contribution < -0.4 is 10.1 Å². The maximum Gasteiger partial charge on any atom is 0.573 e. The molecule has 2 aromatic rings. The van der Waals surface area contributed by atoms with Crippen molar-refractivity contribution in [2.45, 2.75) is 26.3 Å². The fraction of sp³-hybridized carbons (Fsp3) is 0.235. The van der Waals surface area contributed by atoms with Crippen molar-refractivity contribution in [3.8, 4) is 5.75 Å². The van der Waals surface area contributed by atoms with Gasteiger partial charge in [0, 0.05) is 12.1 Å². The Bertz CT molecular complexity index is 649. The molecular weight excluding hydrogens is 307 g/mol. The van der Waals surface area contributed by atoms with E-state index in [1.54, 1.807) is 12.1 Å². The Kier molecular flexibility index (Phi) is 5.26. The summed E-state index contributed by atoms with van der Waals surface area (Å²) in [6.45, 7) is 2.25. The Morgan fingerprint density at radius 3 is 2.09 bits per heavy atom. The maximum atomic E-state index is 12.1. The predicted molar refractivity (Wildman–Crippen MR) is 80.1 cm³/mol. The fourth-order valence-corrected chi connectivity index (χ4v) is 1.99. The molecule has 0 radical (unpaired) electrons. The van der Waals surface area contributed by atoms with Crippen LogP contribution >= 0.6 is 0 Å². The monoisotopic (exact) mass is 323 g/mol. The second-order valence-corrected chi connectivity index (χ2v) is 4.92. The number of carbonyl (C=O) groups is 1. The molecule has 0 aliphatic carbocycles. The number of rotatable bonds is 5. The molecule has 6 heteroatoms. The van der Waals surface area contributed by atoms with Crippen molar-refractivity contribution in [1.29, 1.82) is 0 Å². The van der Waals surface area contributed by atoms with Gasteiger partial charge in [0.05, 0.1) is 0 Å². The van der Waals surface area contributed by atoms with Crippen LogP contribution in [0.4, 0.5) is 13.2 Å². The molecule has 1 N–H and O–H groups in total. The molecule has 0 atom stereocenters. The third kappa shape index (κ3) is 5.32. The van der Waals surface area contributed by atoms with E-state index in [0.717, 1.165) is 12.0 Å². The summed E-state index contributed by atoms with van der Waals surface area (Å²) in [4.78, 5) is 12.0. The molecule has 0 aromatic heterocycles. The molecule has 2 rings (SSSR count). The molecule has 0 saturated heterocycles. The van der Waals surface area contributed by atoms with Gasteiger partial charge in [-0.3, -0.25) is 4.79 Å². The van der Waals surface area contributed by atoms with Crippen molar-refractivity contribution in [2.75, 3.05) is 0 Å². The van der Waals surface area contributed by atoms with Gasteiger partial charge in [0.1, 0.15) is 5.75 Å². The summed E-state index contributed by atoms with van der Waals surface area (Å²) in [6, 6.07) is 12.6. The SMILES string of the molecule is CCc1ccc(C(=O)NCc2ccc(OC(F)(F)F)cc2)cc1. The highest BCUT2D eigenvalue weighted by molar-refractivity contribution is 5.94. The van der Waals surface area contributed by atoms with E-state index >= 15 is 0 Å². The van der Waals surface area contributed by atoms with Crippen molar-refractivity contribution in [3.63, 3.8) is 0 Å². The van der Waals surface area contributed by atoms with Crippen LogP contribution in [0.5, 0.6) is 5.75 Å². The Morgan fingerprint density at radius 2 is 1.57 bits per heavy atom. The molecule has 0 fully saturated rings. The van der Waals surface area contributed by atoms with E-state index in [-0.39, 0.29) is 18.2 Å². The van der Waals surface area contributed by atoms with Crippen LogP contribution in [0.3, 0.4) is 0 Å². The van der Waals surface area contributed by atoms with Crippen molar-refractivity contribution >= 4 is 5.91 Å². The molecule has 0 aliphatic heterocycles. The van der Waals surface area contributed by atoms with Gasteiger partial charge in [-0.25, -0.2) is 0 Å². The summed E-state index contributed by atoms with van der Waals surface area (Å²) in [7, 11) is 0. The number of halogens is 3. The standard InChI is InChI=1S/C17H16F3NO2/c1-2-12-3-7-14(8-4-12)16(22)21-11-13-5-9-15(10-6-13)23-17(18,19)20/h3-10H,2,11H2,1H3,(H,21,22). The quantitative estimate of drug-likeness (QED) is 0.900. The molecule has 0 spiro atoms. The van der Waals surface area contributed by atoms with Crippen LogP contribution in [0, 0.1) is 0 Å². The highest BCUT2D eigenvalue weighted by Gasteiger charge is 2.30. The molecule has 0 saturated carbocycles. The van der Waals surface area contributed by atoms with Crippen molar-refractivity contribution < 1.29 is 22.7 Å². The first-order chi connectivity index (χ1) is 10.9. The summed E-state index contributed by atoms with van der Waals surface area (Å²) >= 11 is 0. The minimum absolute atomic E-state index is 0.223. The molecule has 23 heavy (non-hydrogen) atoms. The van der Waals surface area contributed by atoms with E-state index in [9.17, 15) is 18.0 Å². The Morgan fingerprint density at radius 1 is 1.00 bits per heavy atom. The van der Waals surface area contributed by atoms with Gasteiger partial charge in [-0.2, -0.15) is 0 Å². The number of amides is 1. The van der Waals surface area contributed by atoms with Gasteiger partial charge in [-0.05, 0) is 41.8 Å². The fourth-order valence-electron chi connectivity index (χ4n) is 1.99. The highest BCUT2D eigenvalue weighted by atomic mass is 19.4. The summed E-state index contributed by atoms with van der Waals surface area (Å²) in [5.41, 5.74) is 2.36. The number of aryl methyl sites for hydroxylation is 1. The third-order valence-corrected chi connectivity index (χ3v) is 3.23. The molecule has 0 unspecified atom stereocenters. The van der Waals surface area contributed by atoms with Crippen molar-refractivity contribution in [1.82, 2.24) is 5.32 Å². The van der Waals surface area contributed by atoms with Crippen LogP contribution in [0.1, 0.15) is 28.4 Å². The lowest BCUT2D eigenvalue weighted by molar-refractivity contribution is -0.274. The minimum atomic E-state index is -4.71. The normalized spacial score (nSPS) is 11.1. The van der Waals surface area contributed by atoms with Gasteiger partial charge in [-0.1, -0.05) is 31.2 Å². The van der Waals surface area contributed by atoms with Crippen LogP contribution in [0.25, 0.3) is 0 Å². The molecule has 0 aliphatic rings. The first-order valence-electron chi connectivity index (χ1n) is 7.09. The summed E-state index contributed by atoms with van der Waals surface area (Å²) < 4.78 is 40.0. The summed E-state index contributed by atoms with van der Waals surface area (Å²) in [5, 5.41) is 2.72. The number of carbonyl (C=O) groups excluding carboxylic acids is 1. The molecular formula is C17H16F3NO2. The molecule has 0 bridgehead atoms. The van der Waals surface area contributed by atoms with Crippen molar-refractivity contribution in [3.05, 3.63) is 65.2 Å². The molecule has 1 amide bonds. The number of hydrogen-bond acceptors (Lipinski definition) is 2. The lowest BCUT2D eigenvalue weighted by Gasteiger charge is -2.10. The van der Waals surface area contributed by atoms with E-state index in [0.29, 0.717) is 11.1 Å². The van der Waals surface area contributed by atoms with Gasteiger partial charge in [-0.15, -0.1) is 13.2 Å². The summed E-state index contributed by atoms with van der Waals surface area (Å²) in [6.07, 6.45) is -3.81. The highest BCUT2D eigenvalue weighted by Crippen LogP contribution is 2.22. The summed E-state index contributed by atoms with van der Waals surface area (Å²) in [5.74, 6) is -0.522. The van der Waals surface area contributed by atoms with Gasteiger partial charge in [0.15, 0.2) is 0 Å². The molecule has 0 heterocycles. The largest absolute Gasteiger partial charge is 0.573 e. The van der Waals surface area contributed by atoms with Gasteiger partial charge >= 0.3 is 6.36 Å². The molecule has 122 valence electrons. The predicted octanol–water partition coefficient (Wildman–Crippen LogP) is 4.08. The number of ether oxygens (including phenoxy) is 1. The van der Waals surface area contributed by atoms with Crippen LogP contribution in [0.15, 0.2) is 48.5 Å². The average Bonchev–Trinajstić information content (AvgIpc) is 2.52. The second kappa shape index (κ2) is 7.17. The van der Waals surface area contributed by atoms with Crippen LogP contribution in [0.2, 0.25) is 0 Å². The van der Waals surface area contributed by atoms with Gasteiger partial charge in [0.25, 0.3) is 5.91 Å². The van der Waals surface area contributed by atoms with E-state index in [1.165, 1.54) is 24.3 Å². The lowest BCUT2D eigenvalue weighted by Crippen LogP contribution is -2.22. The molecule has 3 nitrogen and oxygen atoms in total.